The number of hydrazine groups is 1. The zero-order valence-electron chi connectivity index (χ0n) is 4.73. The fourth-order valence-corrected chi connectivity index (χ4v) is 0. The predicted octanol–water partition coefficient (Wildman–Crippen LogP) is -0.000520. The molecule has 42 valence electrons. The fourth-order valence-electron chi connectivity index (χ4n) is 0. The van der Waals surface area contributed by atoms with Crippen LogP contribution in [0.5, 0.6) is 0 Å². The molecule has 7 heavy (non-hydrogen) atoms. The van der Waals surface area contributed by atoms with Crippen LogP contribution in [-0.2, 0) is 0 Å². The molecular weight excluding hydrogens is 90.1 g/mol. The summed E-state index contributed by atoms with van der Waals surface area (Å²) in [5.74, 6) is 4.78. The first kappa shape index (κ1) is 9.65. The van der Waals surface area contributed by atoms with Gasteiger partial charge in [-0.25, -0.2) is 0 Å². The summed E-state index contributed by atoms with van der Waals surface area (Å²) in [6.07, 6.45) is 0. The average Bonchev–Trinajstić information content (AvgIpc) is 1.69. The van der Waals surface area contributed by atoms with E-state index in [9.17, 15) is 0 Å². The molecule has 0 bridgehead atoms. The van der Waals surface area contributed by atoms with Crippen LogP contribution in [0.3, 0.4) is 0 Å². The second-order valence-corrected chi connectivity index (χ2v) is 0.781. The Labute approximate surface area is 44.1 Å². The molecule has 0 aliphatic rings. The lowest BCUT2D eigenvalue weighted by Gasteiger charge is -1.77. The van der Waals surface area contributed by atoms with E-state index in [1.807, 2.05) is 6.92 Å². The predicted molar refractivity (Wildman–Crippen MR) is 29.2 cm³/mol. The molecule has 0 unspecified atom stereocenters. The molecule has 0 rings (SSSR count). The van der Waals surface area contributed by atoms with Crippen LogP contribution in [-0.4, -0.2) is 6.54 Å². The molecule has 3 N–H and O–H groups in total. The summed E-state index contributed by atoms with van der Waals surface area (Å²) in [5, 5.41) is 7.32. The fraction of sp³-hybridized carbons (Fsp3) is 0.750. The summed E-state index contributed by atoms with van der Waals surface area (Å²) >= 11 is 0. The molecule has 0 saturated carbocycles. The van der Waals surface area contributed by atoms with Crippen LogP contribution in [0.2, 0.25) is 0 Å². The van der Waals surface area contributed by atoms with Crippen molar-refractivity contribution in [3.05, 3.63) is 0 Å². The van der Waals surface area contributed by atoms with Gasteiger partial charge in [0.15, 0.2) is 0 Å². The van der Waals surface area contributed by atoms with Crippen LogP contribution >= 0.6 is 0 Å². The smallest absolute Gasteiger partial charge is 0.0587 e. The minimum absolute atomic E-state index is 0.847. The average molecular weight is 101 g/mol. The van der Waals surface area contributed by atoms with Crippen molar-refractivity contribution in [1.82, 2.24) is 5.43 Å². The number of nitrogens with two attached hydrogens (primary N) is 1. The summed E-state index contributed by atoms with van der Waals surface area (Å²) < 4.78 is 0. The van der Waals surface area contributed by atoms with Crippen LogP contribution in [0.1, 0.15) is 13.8 Å². The number of hydrogen-bond acceptors (Lipinski definition) is 3. The Morgan fingerprint density at radius 1 is 1.86 bits per heavy atom. The van der Waals surface area contributed by atoms with E-state index < -0.39 is 0 Å². The number of hydrogen-bond donors (Lipinski definition) is 2. The first-order valence-electron chi connectivity index (χ1n) is 2.07. The second kappa shape index (κ2) is 18.1. The van der Waals surface area contributed by atoms with Crippen LogP contribution in [0, 0.1) is 11.3 Å². The molecule has 3 heteroatoms. The van der Waals surface area contributed by atoms with Gasteiger partial charge in [-0.2, -0.15) is 5.26 Å². The molecule has 0 atom stereocenters. The van der Waals surface area contributed by atoms with Gasteiger partial charge in [0, 0.05) is 13.5 Å². The molecule has 0 amide bonds. The third kappa shape index (κ3) is 374. The van der Waals surface area contributed by atoms with Crippen molar-refractivity contribution in [3.8, 4) is 6.07 Å². The lowest BCUT2D eigenvalue weighted by Crippen LogP contribution is -2.20. The topological polar surface area (TPSA) is 61.8 Å². The van der Waals surface area contributed by atoms with Gasteiger partial charge in [0.05, 0.1) is 6.07 Å². The van der Waals surface area contributed by atoms with Crippen LogP contribution in [0.15, 0.2) is 0 Å². The van der Waals surface area contributed by atoms with E-state index in [0.717, 1.165) is 6.54 Å². The Morgan fingerprint density at radius 2 is 2.00 bits per heavy atom. The van der Waals surface area contributed by atoms with Crippen molar-refractivity contribution in [2.75, 3.05) is 6.54 Å². The van der Waals surface area contributed by atoms with Gasteiger partial charge in [-0.05, 0) is 0 Å². The second-order valence-electron chi connectivity index (χ2n) is 0.781. The maximum Gasteiger partial charge on any atom is 0.0587 e. The van der Waals surface area contributed by atoms with Gasteiger partial charge in [-0.1, -0.05) is 6.92 Å². The Morgan fingerprint density at radius 3 is 2.00 bits per heavy atom. The minimum Gasteiger partial charge on any atom is -0.271 e. The zero-order chi connectivity index (χ0) is 6.12. The molecule has 0 heterocycles. The minimum atomic E-state index is 0.847. The zero-order valence-corrected chi connectivity index (χ0v) is 4.73. The summed E-state index contributed by atoms with van der Waals surface area (Å²) in [5.41, 5.74) is 2.43. The third-order valence-corrected chi connectivity index (χ3v) is 0.204. The summed E-state index contributed by atoms with van der Waals surface area (Å²) in [4.78, 5) is 0. The van der Waals surface area contributed by atoms with E-state index in [0.29, 0.717) is 0 Å². The van der Waals surface area contributed by atoms with Crippen molar-refractivity contribution < 1.29 is 0 Å². The van der Waals surface area contributed by atoms with Crippen molar-refractivity contribution >= 4 is 0 Å². The van der Waals surface area contributed by atoms with E-state index in [1.165, 1.54) is 6.92 Å². The van der Waals surface area contributed by atoms with Crippen LogP contribution in [0.4, 0.5) is 0 Å². The third-order valence-electron chi connectivity index (χ3n) is 0.204. The summed E-state index contributed by atoms with van der Waals surface area (Å²) in [6, 6.07) is 1.75. The highest BCUT2D eigenvalue weighted by Crippen LogP contribution is 1.30. The van der Waals surface area contributed by atoms with Crippen molar-refractivity contribution in [3.63, 3.8) is 0 Å². The highest BCUT2D eigenvalue weighted by molar-refractivity contribution is 4.51. The molecule has 0 aromatic rings. The van der Waals surface area contributed by atoms with Gasteiger partial charge in [0.2, 0.25) is 0 Å². The molecule has 0 radical (unpaired) electrons. The van der Waals surface area contributed by atoms with Gasteiger partial charge in [0.25, 0.3) is 0 Å². The standard InChI is InChI=1S/C2H8N2.C2H3N/c1-2-4-3;1-2-3/h4H,2-3H2,1H3;1H3. The number of nitrogens with zero attached hydrogens (tertiary/aromatic N) is 1. The van der Waals surface area contributed by atoms with E-state index >= 15 is 0 Å². The molecule has 0 spiro atoms. The first-order valence-corrected chi connectivity index (χ1v) is 2.07. The highest BCUT2D eigenvalue weighted by atomic mass is 15.2. The molecule has 0 aromatic carbocycles. The van der Waals surface area contributed by atoms with E-state index in [1.54, 1.807) is 6.07 Å². The van der Waals surface area contributed by atoms with Crippen molar-refractivity contribution in [2.45, 2.75) is 13.8 Å². The Balaban J connectivity index is 0. The number of nitriles is 1. The van der Waals surface area contributed by atoms with E-state index in [-0.39, 0.29) is 0 Å². The molecule has 0 saturated heterocycles. The normalized spacial score (nSPS) is 5.43. The van der Waals surface area contributed by atoms with Crippen LogP contribution < -0.4 is 11.3 Å². The molecule has 0 aromatic heterocycles. The SMILES string of the molecule is CC#N.CCNN. The van der Waals surface area contributed by atoms with Crippen LogP contribution in [0.25, 0.3) is 0 Å². The van der Waals surface area contributed by atoms with Crippen molar-refractivity contribution in [2.24, 2.45) is 5.84 Å². The van der Waals surface area contributed by atoms with E-state index in [4.69, 9.17) is 11.1 Å². The molecular formula is C4H11N3. The monoisotopic (exact) mass is 101 g/mol. The first-order chi connectivity index (χ1) is 3.33. The van der Waals surface area contributed by atoms with Gasteiger partial charge in [-0.3, -0.25) is 11.3 Å². The Hall–Kier alpha value is -0.590. The molecule has 3 nitrogen and oxygen atoms in total. The van der Waals surface area contributed by atoms with Gasteiger partial charge < -0.3 is 0 Å². The highest BCUT2D eigenvalue weighted by Gasteiger charge is 1.50. The molecule has 0 aliphatic heterocycles. The van der Waals surface area contributed by atoms with Gasteiger partial charge in [0.1, 0.15) is 0 Å². The van der Waals surface area contributed by atoms with Gasteiger partial charge >= 0.3 is 0 Å². The van der Waals surface area contributed by atoms with E-state index in [2.05, 4.69) is 5.43 Å². The maximum absolute atomic E-state index is 7.32. The summed E-state index contributed by atoms with van der Waals surface area (Å²) in [6.45, 7) is 4.22. The Kier molecular flexibility index (Phi) is 25.0. The lowest BCUT2D eigenvalue weighted by atomic mass is 10.8. The number of nitrogens with one attached hydrogen (secondary N) is 1. The Bertz CT molecular complexity index is 43.4. The van der Waals surface area contributed by atoms with Gasteiger partial charge in [-0.15, -0.1) is 0 Å². The summed E-state index contributed by atoms with van der Waals surface area (Å²) in [7, 11) is 0. The molecule has 0 fully saturated rings. The maximum atomic E-state index is 7.32. The largest absolute Gasteiger partial charge is 0.271 e. The van der Waals surface area contributed by atoms with Crippen molar-refractivity contribution in [1.29, 1.82) is 5.26 Å². The lowest BCUT2D eigenvalue weighted by molar-refractivity contribution is 0.781. The molecule has 0 aliphatic carbocycles. The quantitative estimate of drug-likeness (QED) is 0.361. The number of rotatable bonds is 1.